The first kappa shape index (κ1) is 22.1. The molecule has 0 aromatic heterocycles. The molecule has 9 heteroatoms. The van der Waals surface area contributed by atoms with Crippen molar-refractivity contribution in [3.8, 4) is 5.75 Å². The maximum Gasteiger partial charge on any atom is 0.295 e. The molecule has 2 saturated heterocycles. The van der Waals surface area contributed by atoms with E-state index in [-0.39, 0.29) is 35.8 Å². The van der Waals surface area contributed by atoms with E-state index in [0.29, 0.717) is 24.2 Å². The number of hydrogen-bond acceptors (Lipinski definition) is 7. The number of amides is 1. The summed E-state index contributed by atoms with van der Waals surface area (Å²) < 4.78 is 11.4. The van der Waals surface area contributed by atoms with Gasteiger partial charge in [0, 0.05) is 37.3 Å². The highest BCUT2D eigenvalue weighted by Gasteiger charge is 2.47. The fourth-order valence-corrected chi connectivity index (χ4v) is 4.93. The summed E-state index contributed by atoms with van der Waals surface area (Å²) in [4.78, 5) is 38.3. The van der Waals surface area contributed by atoms with Crippen molar-refractivity contribution in [2.24, 2.45) is 0 Å². The number of aliphatic hydroxyl groups excluding tert-OH is 1. The molecule has 2 aromatic carbocycles. The number of carbonyl (C=O) groups is 2. The van der Waals surface area contributed by atoms with Crippen molar-refractivity contribution in [2.45, 2.75) is 44.4 Å². The zero-order chi connectivity index (χ0) is 24.0. The van der Waals surface area contributed by atoms with Gasteiger partial charge in [0.1, 0.15) is 17.6 Å². The van der Waals surface area contributed by atoms with E-state index in [2.05, 4.69) is 0 Å². The van der Waals surface area contributed by atoms with Crippen molar-refractivity contribution in [3.05, 3.63) is 74.8 Å². The van der Waals surface area contributed by atoms with Crippen molar-refractivity contribution in [2.75, 3.05) is 13.2 Å². The van der Waals surface area contributed by atoms with E-state index < -0.39 is 22.7 Å². The first-order valence-electron chi connectivity index (χ1n) is 11.3. The number of hydrogen-bond donors (Lipinski definition) is 1. The van der Waals surface area contributed by atoms with Gasteiger partial charge in [0.05, 0.1) is 22.6 Å². The Kier molecular flexibility index (Phi) is 5.57. The number of benzene rings is 2. The minimum atomic E-state index is -0.881. The van der Waals surface area contributed by atoms with Crippen LogP contribution in [-0.2, 0) is 20.7 Å². The average molecular weight is 464 g/mol. The van der Waals surface area contributed by atoms with E-state index in [1.807, 2.05) is 6.92 Å². The molecule has 3 atom stereocenters. The van der Waals surface area contributed by atoms with E-state index in [4.69, 9.17) is 9.47 Å². The molecule has 0 radical (unpaired) electrons. The summed E-state index contributed by atoms with van der Waals surface area (Å²) in [5, 5.41) is 22.4. The van der Waals surface area contributed by atoms with Crippen LogP contribution in [0.15, 0.2) is 48.0 Å². The minimum Gasteiger partial charge on any atom is -0.507 e. The summed E-state index contributed by atoms with van der Waals surface area (Å²) in [5.41, 5.74) is 1.69. The fraction of sp³-hybridized carbons (Fsp3) is 0.360. The van der Waals surface area contributed by atoms with Crippen LogP contribution in [0.3, 0.4) is 0 Å². The summed E-state index contributed by atoms with van der Waals surface area (Å²) in [6.45, 7) is 2.73. The van der Waals surface area contributed by atoms with Crippen LogP contribution in [0.1, 0.15) is 42.5 Å². The lowest BCUT2D eigenvalue weighted by Crippen LogP contribution is -2.36. The van der Waals surface area contributed by atoms with Gasteiger partial charge in [-0.3, -0.25) is 19.7 Å². The lowest BCUT2D eigenvalue weighted by molar-refractivity contribution is -0.384. The standard InChI is InChI=1S/C25H24N2O7/c1-14-11-17-12-16(6-9-20(17)34-14)23(28)21-22(15-4-7-18(8-5-15)27(31)32)26(25(30)24(21)29)13-19-3-2-10-33-19/h4-9,12,14,19,22,28H,2-3,10-11,13H2,1H3/b23-21+. The maximum absolute atomic E-state index is 13.2. The van der Waals surface area contributed by atoms with Crippen molar-refractivity contribution < 1.29 is 29.1 Å². The van der Waals surface area contributed by atoms with E-state index >= 15 is 0 Å². The van der Waals surface area contributed by atoms with Gasteiger partial charge in [0.2, 0.25) is 0 Å². The second kappa shape index (κ2) is 8.57. The highest BCUT2D eigenvalue weighted by Crippen LogP contribution is 2.41. The number of nitrogens with zero attached hydrogens (tertiary/aromatic N) is 2. The Morgan fingerprint density at radius 2 is 1.97 bits per heavy atom. The zero-order valence-electron chi connectivity index (χ0n) is 18.6. The highest BCUT2D eigenvalue weighted by atomic mass is 16.6. The van der Waals surface area contributed by atoms with Gasteiger partial charge < -0.3 is 19.5 Å². The average Bonchev–Trinajstić information content (AvgIpc) is 3.53. The normalized spacial score (nSPS) is 25.4. The van der Waals surface area contributed by atoms with Crippen molar-refractivity contribution in [3.63, 3.8) is 0 Å². The molecule has 5 rings (SSSR count). The van der Waals surface area contributed by atoms with E-state index in [0.717, 1.165) is 24.2 Å². The lowest BCUT2D eigenvalue weighted by atomic mass is 9.94. The largest absolute Gasteiger partial charge is 0.507 e. The molecule has 0 saturated carbocycles. The third-order valence-corrected chi connectivity index (χ3v) is 6.55. The maximum atomic E-state index is 13.2. The van der Waals surface area contributed by atoms with Crippen LogP contribution in [0.25, 0.3) is 5.76 Å². The number of carbonyl (C=O) groups excluding carboxylic acids is 2. The molecule has 3 aliphatic rings. The Labute approximate surface area is 195 Å². The Morgan fingerprint density at radius 3 is 2.65 bits per heavy atom. The quantitative estimate of drug-likeness (QED) is 0.236. The molecule has 34 heavy (non-hydrogen) atoms. The molecule has 3 heterocycles. The Balaban J connectivity index is 1.59. The fourth-order valence-electron chi connectivity index (χ4n) is 4.93. The summed E-state index contributed by atoms with van der Waals surface area (Å²) in [7, 11) is 0. The topological polar surface area (TPSA) is 119 Å². The molecule has 2 fully saturated rings. The van der Waals surface area contributed by atoms with Crippen LogP contribution in [0.2, 0.25) is 0 Å². The number of non-ortho nitro benzene ring substituents is 1. The van der Waals surface area contributed by atoms with E-state index in [1.54, 1.807) is 18.2 Å². The molecule has 0 spiro atoms. The van der Waals surface area contributed by atoms with Gasteiger partial charge in [0.25, 0.3) is 17.4 Å². The number of ether oxygens (including phenoxy) is 2. The Morgan fingerprint density at radius 1 is 1.21 bits per heavy atom. The first-order chi connectivity index (χ1) is 16.3. The number of rotatable bonds is 5. The van der Waals surface area contributed by atoms with E-state index in [9.17, 15) is 24.8 Å². The lowest BCUT2D eigenvalue weighted by Gasteiger charge is -2.27. The Bertz CT molecular complexity index is 1200. The highest BCUT2D eigenvalue weighted by molar-refractivity contribution is 6.46. The van der Waals surface area contributed by atoms with Crippen molar-refractivity contribution in [1.29, 1.82) is 0 Å². The number of nitro benzene ring substituents is 1. The number of nitro groups is 1. The van der Waals surface area contributed by atoms with Crippen LogP contribution >= 0.6 is 0 Å². The Hall–Kier alpha value is -3.72. The second-order valence-electron chi connectivity index (χ2n) is 8.89. The summed E-state index contributed by atoms with van der Waals surface area (Å²) in [6, 6.07) is 9.99. The number of ketones is 1. The first-order valence-corrected chi connectivity index (χ1v) is 11.3. The van der Waals surface area contributed by atoms with Gasteiger partial charge in [-0.1, -0.05) is 0 Å². The molecule has 2 aromatic rings. The minimum absolute atomic E-state index is 0.0181. The SMILES string of the molecule is CC1Cc2cc(/C(O)=C3\C(=O)C(=O)N(CC4CCCO4)C3c3ccc([N+](=O)[O-])cc3)ccc2O1. The predicted molar refractivity (Wildman–Crippen MR) is 121 cm³/mol. The van der Waals surface area contributed by atoms with Gasteiger partial charge >= 0.3 is 0 Å². The molecule has 0 bridgehead atoms. The molecule has 0 aliphatic carbocycles. The molecule has 176 valence electrons. The predicted octanol–water partition coefficient (Wildman–Crippen LogP) is 3.52. The third kappa shape index (κ3) is 3.81. The number of aliphatic hydroxyl groups is 1. The monoisotopic (exact) mass is 464 g/mol. The van der Waals surface area contributed by atoms with Gasteiger partial charge in [-0.05, 0) is 61.2 Å². The molecule has 1 amide bonds. The van der Waals surface area contributed by atoms with Gasteiger partial charge in [-0.25, -0.2) is 0 Å². The van der Waals surface area contributed by atoms with Gasteiger partial charge in [-0.2, -0.15) is 0 Å². The van der Waals surface area contributed by atoms with Crippen molar-refractivity contribution in [1.82, 2.24) is 4.90 Å². The van der Waals surface area contributed by atoms with Crippen LogP contribution in [0.4, 0.5) is 5.69 Å². The number of likely N-dealkylation sites (tertiary alicyclic amines) is 1. The summed E-state index contributed by atoms with van der Waals surface area (Å²) >= 11 is 0. The van der Waals surface area contributed by atoms with Crippen LogP contribution in [-0.4, -0.2) is 52.0 Å². The zero-order valence-corrected chi connectivity index (χ0v) is 18.6. The van der Waals surface area contributed by atoms with Crippen LogP contribution < -0.4 is 4.74 Å². The summed E-state index contributed by atoms with van der Waals surface area (Å²) in [6.07, 6.45) is 2.11. The van der Waals surface area contributed by atoms with E-state index in [1.165, 1.54) is 29.2 Å². The second-order valence-corrected chi connectivity index (χ2v) is 8.89. The molecular formula is C25H24N2O7. The van der Waals surface area contributed by atoms with Crippen LogP contribution in [0.5, 0.6) is 5.75 Å². The molecule has 1 N–H and O–H groups in total. The third-order valence-electron chi connectivity index (χ3n) is 6.55. The van der Waals surface area contributed by atoms with Crippen LogP contribution in [0, 0.1) is 10.1 Å². The number of Topliss-reactive ketones (excluding diaryl/α,β-unsaturated/α-hetero) is 1. The molecular weight excluding hydrogens is 440 g/mol. The molecule has 9 nitrogen and oxygen atoms in total. The van der Waals surface area contributed by atoms with Gasteiger partial charge in [-0.15, -0.1) is 0 Å². The smallest absolute Gasteiger partial charge is 0.295 e. The summed E-state index contributed by atoms with van der Waals surface area (Å²) in [5.74, 6) is -1.06. The number of fused-ring (bicyclic) bond motifs is 1. The van der Waals surface area contributed by atoms with Crippen molar-refractivity contribution >= 4 is 23.1 Å². The molecule has 3 aliphatic heterocycles. The van der Waals surface area contributed by atoms with Gasteiger partial charge in [0.15, 0.2) is 0 Å². The molecule has 3 unspecified atom stereocenters.